The van der Waals surface area contributed by atoms with Crippen LogP contribution in [0.1, 0.15) is 23.5 Å². The highest BCUT2D eigenvalue weighted by atomic mass is 16.5. The molecule has 2 N–H and O–H groups in total. The summed E-state index contributed by atoms with van der Waals surface area (Å²) >= 11 is 0. The molecular formula is C20H19NO6. The molecule has 27 heavy (non-hydrogen) atoms. The highest BCUT2D eigenvalue weighted by Gasteiger charge is 2.30. The molecule has 0 spiro atoms. The van der Waals surface area contributed by atoms with E-state index in [-0.39, 0.29) is 12.5 Å². The van der Waals surface area contributed by atoms with Gasteiger partial charge in [-0.2, -0.15) is 0 Å². The summed E-state index contributed by atoms with van der Waals surface area (Å²) in [5.74, 6) is -2.21. The second-order valence-electron chi connectivity index (χ2n) is 6.14. The summed E-state index contributed by atoms with van der Waals surface area (Å²) in [5.41, 5.74) is 4.29. The lowest BCUT2D eigenvalue weighted by Gasteiger charge is -2.17. The molecule has 0 bridgehead atoms. The van der Waals surface area contributed by atoms with E-state index in [1.807, 2.05) is 48.5 Å². The number of hydrogen-bond donors (Lipinski definition) is 2. The van der Waals surface area contributed by atoms with Gasteiger partial charge in [0.1, 0.15) is 12.6 Å². The summed E-state index contributed by atoms with van der Waals surface area (Å²) in [7, 11) is 1.15. The molecule has 1 aliphatic carbocycles. The van der Waals surface area contributed by atoms with Crippen LogP contribution in [-0.2, 0) is 19.1 Å². The van der Waals surface area contributed by atoms with Crippen LogP contribution in [0.3, 0.4) is 0 Å². The quantitative estimate of drug-likeness (QED) is 0.759. The van der Waals surface area contributed by atoms with Gasteiger partial charge in [-0.1, -0.05) is 48.5 Å². The van der Waals surface area contributed by atoms with Gasteiger partial charge in [-0.25, -0.2) is 9.59 Å². The van der Waals surface area contributed by atoms with Gasteiger partial charge in [-0.15, -0.1) is 0 Å². The number of methoxy groups -OCH3 is 1. The van der Waals surface area contributed by atoms with Gasteiger partial charge in [0.05, 0.1) is 13.5 Å². The zero-order chi connectivity index (χ0) is 19.4. The highest BCUT2D eigenvalue weighted by molar-refractivity contribution is 5.85. The van der Waals surface area contributed by atoms with Crippen molar-refractivity contribution in [1.29, 1.82) is 0 Å². The minimum atomic E-state index is -1.41. The van der Waals surface area contributed by atoms with E-state index in [2.05, 4.69) is 10.1 Å². The zero-order valence-corrected chi connectivity index (χ0v) is 14.7. The number of fused-ring (bicyclic) bond motifs is 3. The normalized spacial score (nSPS) is 13.2. The minimum Gasteiger partial charge on any atom is -0.480 e. The predicted molar refractivity (Wildman–Crippen MR) is 96.3 cm³/mol. The van der Waals surface area contributed by atoms with Crippen molar-refractivity contribution in [3.63, 3.8) is 0 Å². The lowest BCUT2D eigenvalue weighted by atomic mass is 9.98. The number of hydrogen-bond acceptors (Lipinski definition) is 5. The Kier molecular flexibility index (Phi) is 5.40. The van der Waals surface area contributed by atoms with E-state index < -0.39 is 30.5 Å². The van der Waals surface area contributed by atoms with E-state index >= 15 is 0 Å². The summed E-state index contributed by atoms with van der Waals surface area (Å²) < 4.78 is 9.71. The van der Waals surface area contributed by atoms with Gasteiger partial charge in [0.2, 0.25) is 0 Å². The van der Waals surface area contributed by atoms with Crippen LogP contribution in [0.25, 0.3) is 11.1 Å². The summed E-state index contributed by atoms with van der Waals surface area (Å²) in [6, 6.07) is 14.4. The molecule has 2 aromatic carbocycles. The summed E-state index contributed by atoms with van der Waals surface area (Å²) in [5, 5.41) is 11.3. The first-order valence-electron chi connectivity index (χ1n) is 8.42. The molecule has 0 aromatic heterocycles. The Hall–Kier alpha value is -3.35. The topological polar surface area (TPSA) is 102 Å². The maximum absolute atomic E-state index is 12.1. The number of carboxylic acid groups (broad SMARTS) is 1. The van der Waals surface area contributed by atoms with Gasteiger partial charge in [0.25, 0.3) is 0 Å². The number of esters is 1. The maximum atomic E-state index is 12.1. The van der Waals surface area contributed by atoms with Crippen LogP contribution in [0.2, 0.25) is 0 Å². The molecule has 0 radical (unpaired) electrons. The fraction of sp³-hybridized carbons (Fsp3) is 0.250. The third-order valence-corrected chi connectivity index (χ3v) is 4.53. The van der Waals surface area contributed by atoms with Crippen molar-refractivity contribution in [3.8, 4) is 11.1 Å². The van der Waals surface area contributed by atoms with Crippen molar-refractivity contribution in [2.75, 3.05) is 13.7 Å². The van der Waals surface area contributed by atoms with Crippen molar-refractivity contribution in [3.05, 3.63) is 59.7 Å². The van der Waals surface area contributed by atoms with Crippen LogP contribution in [0.4, 0.5) is 4.79 Å². The van der Waals surface area contributed by atoms with Gasteiger partial charge < -0.3 is 19.9 Å². The van der Waals surface area contributed by atoms with Crippen LogP contribution >= 0.6 is 0 Å². The summed E-state index contributed by atoms with van der Waals surface area (Å²) in [6.07, 6.45) is -1.37. The molecule has 0 aliphatic heterocycles. The number of carbonyl (C=O) groups is 3. The van der Waals surface area contributed by atoms with Crippen LogP contribution < -0.4 is 5.32 Å². The molecule has 1 amide bonds. The Morgan fingerprint density at radius 3 is 2.11 bits per heavy atom. The third kappa shape index (κ3) is 3.92. The molecule has 0 heterocycles. The van der Waals surface area contributed by atoms with E-state index in [9.17, 15) is 14.4 Å². The lowest BCUT2D eigenvalue weighted by molar-refractivity contribution is -0.147. The molecule has 0 unspecified atom stereocenters. The van der Waals surface area contributed by atoms with Gasteiger partial charge in [0, 0.05) is 5.92 Å². The highest BCUT2D eigenvalue weighted by Crippen LogP contribution is 2.44. The van der Waals surface area contributed by atoms with E-state index in [0.717, 1.165) is 29.4 Å². The molecule has 0 saturated carbocycles. The van der Waals surface area contributed by atoms with E-state index in [4.69, 9.17) is 9.84 Å². The molecule has 1 atom stereocenters. The van der Waals surface area contributed by atoms with Crippen molar-refractivity contribution in [2.45, 2.75) is 18.4 Å². The molecular weight excluding hydrogens is 350 g/mol. The number of aliphatic carboxylic acids is 1. The van der Waals surface area contributed by atoms with Gasteiger partial charge in [-0.3, -0.25) is 4.79 Å². The number of nitrogens with one attached hydrogen (secondary N) is 1. The molecule has 0 fully saturated rings. The first kappa shape index (κ1) is 18.4. The summed E-state index contributed by atoms with van der Waals surface area (Å²) in [6.45, 7) is 0.0599. The minimum absolute atomic E-state index is 0.0599. The molecule has 7 heteroatoms. The second-order valence-corrected chi connectivity index (χ2v) is 6.14. The average Bonchev–Trinajstić information content (AvgIpc) is 2.99. The van der Waals surface area contributed by atoms with Gasteiger partial charge >= 0.3 is 18.0 Å². The SMILES string of the molecule is COC(=O)C[C@@H](NC(=O)OCC1c2ccccc2-c2ccccc21)C(=O)O. The van der Waals surface area contributed by atoms with Crippen LogP contribution in [0, 0.1) is 0 Å². The molecule has 3 rings (SSSR count). The first-order valence-corrected chi connectivity index (χ1v) is 8.42. The van der Waals surface area contributed by atoms with Gasteiger partial charge in [0.15, 0.2) is 0 Å². The third-order valence-electron chi connectivity index (χ3n) is 4.53. The number of alkyl carbamates (subject to hydrolysis) is 1. The largest absolute Gasteiger partial charge is 0.480 e. The number of rotatable bonds is 6. The van der Waals surface area contributed by atoms with Crippen LogP contribution in [0.5, 0.6) is 0 Å². The number of carboxylic acids is 1. The molecule has 1 aliphatic rings. The fourth-order valence-corrected chi connectivity index (χ4v) is 3.23. The number of benzene rings is 2. The second kappa shape index (κ2) is 7.90. The number of carbonyl (C=O) groups excluding carboxylic acids is 2. The van der Waals surface area contributed by atoms with Crippen molar-refractivity contribution in [2.24, 2.45) is 0 Å². The van der Waals surface area contributed by atoms with Gasteiger partial charge in [-0.05, 0) is 22.3 Å². The standard InChI is InChI=1S/C20H19NO6/c1-26-18(22)10-17(19(23)24)21-20(25)27-11-16-14-8-4-2-6-12(14)13-7-3-5-9-15(13)16/h2-9,16-17H,10-11H2,1H3,(H,21,25)(H,23,24)/t17-/m1/s1. The van der Waals surface area contributed by atoms with E-state index in [1.54, 1.807) is 0 Å². The Balaban J connectivity index is 1.68. The molecule has 140 valence electrons. The summed E-state index contributed by atoms with van der Waals surface area (Å²) in [4.78, 5) is 34.5. The number of ether oxygens (including phenoxy) is 2. The monoisotopic (exact) mass is 369 g/mol. The Bertz CT molecular complexity index is 833. The Morgan fingerprint density at radius 1 is 1.04 bits per heavy atom. The Labute approximate surface area is 155 Å². The fourth-order valence-electron chi connectivity index (χ4n) is 3.23. The van der Waals surface area contributed by atoms with E-state index in [1.165, 1.54) is 0 Å². The van der Waals surface area contributed by atoms with Crippen molar-refractivity contribution < 1.29 is 29.0 Å². The average molecular weight is 369 g/mol. The smallest absolute Gasteiger partial charge is 0.407 e. The van der Waals surface area contributed by atoms with E-state index in [0.29, 0.717) is 0 Å². The number of amides is 1. The predicted octanol–water partition coefficient (Wildman–Crippen LogP) is 2.54. The van der Waals surface area contributed by atoms with Crippen molar-refractivity contribution >= 4 is 18.0 Å². The molecule has 0 saturated heterocycles. The van der Waals surface area contributed by atoms with Crippen LogP contribution in [0.15, 0.2) is 48.5 Å². The maximum Gasteiger partial charge on any atom is 0.407 e. The lowest BCUT2D eigenvalue weighted by Crippen LogP contribution is -2.43. The first-order chi connectivity index (χ1) is 13.0. The van der Waals surface area contributed by atoms with Crippen molar-refractivity contribution in [1.82, 2.24) is 5.32 Å². The Morgan fingerprint density at radius 2 is 1.59 bits per heavy atom. The molecule has 7 nitrogen and oxygen atoms in total. The molecule has 2 aromatic rings. The van der Waals surface area contributed by atoms with Crippen LogP contribution in [-0.4, -0.2) is 42.9 Å². The zero-order valence-electron chi connectivity index (χ0n) is 14.7.